The average molecular weight is 414 g/mol. The molecule has 0 saturated carbocycles. The number of nitrogens with one attached hydrogen (secondary N) is 1. The minimum Gasteiger partial charge on any atom is -0.497 e. The summed E-state index contributed by atoms with van der Waals surface area (Å²) in [6.45, 7) is 3.66. The number of ether oxygens (including phenoxy) is 1. The van der Waals surface area contributed by atoms with E-state index in [2.05, 4.69) is 15.3 Å². The molecule has 0 aliphatic rings. The Balaban J connectivity index is 1.58. The van der Waals surface area contributed by atoms with Gasteiger partial charge in [0.2, 0.25) is 5.91 Å². The predicted octanol–water partition coefficient (Wildman–Crippen LogP) is 3.59. The fraction of sp³-hybridized carbons (Fsp3) is 0.167. The lowest BCUT2D eigenvalue weighted by atomic mass is 10.1. The SMILES string of the molecule is COc1ccc(CC(=O)Nc2ccc(-n3c(C)nc4ncccc4c3=O)cc2C)cc1. The van der Waals surface area contributed by atoms with E-state index in [-0.39, 0.29) is 17.9 Å². The van der Waals surface area contributed by atoms with Gasteiger partial charge in [0, 0.05) is 11.9 Å². The summed E-state index contributed by atoms with van der Waals surface area (Å²) >= 11 is 0. The van der Waals surface area contributed by atoms with Crippen LogP contribution in [0.1, 0.15) is 17.0 Å². The molecule has 2 aromatic heterocycles. The van der Waals surface area contributed by atoms with Crippen molar-refractivity contribution >= 4 is 22.6 Å². The van der Waals surface area contributed by atoms with Crippen molar-refractivity contribution in [2.24, 2.45) is 0 Å². The monoisotopic (exact) mass is 414 g/mol. The number of aryl methyl sites for hydroxylation is 2. The van der Waals surface area contributed by atoms with E-state index in [1.807, 2.05) is 37.3 Å². The number of fused-ring (bicyclic) bond motifs is 1. The molecular weight excluding hydrogens is 392 g/mol. The zero-order chi connectivity index (χ0) is 22.0. The van der Waals surface area contributed by atoms with Gasteiger partial charge in [-0.2, -0.15) is 0 Å². The van der Waals surface area contributed by atoms with Gasteiger partial charge in [-0.15, -0.1) is 0 Å². The van der Waals surface area contributed by atoms with Crippen LogP contribution in [-0.4, -0.2) is 27.6 Å². The van der Waals surface area contributed by atoms with Gasteiger partial charge in [-0.1, -0.05) is 12.1 Å². The second-order valence-electron chi connectivity index (χ2n) is 7.25. The van der Waals surface area contributed by atoms with Crippen molar-refractivity contribution < 1.29 is 9.53 Å². The summed E-state index contributed by atoms with van der Waals surface area (Å²) in [5, 5.41) is 3.40. The summed E-state index contributed by atoms with van der Waals surface area (Å²) < 4.78 is 6.70. The van der Waals surface area contributed by atoms with E-state index < -0.39 is 0 Å². The molecule has 7 heteroatoms. The number of benzene rings is 2. The van der Waals surface area contributed by atoms with Crippen LogP contribution >= 0.6 is 0 Å². The fourth-order valence-electron chi connectivity index (χ4n) is 3.48. The largest absolute Gasteiger partial charge is 0.497 e. The number of hydrogen-bond donors (Lipinski definition) is 1. The van der Waals surface area contributed by atoms with E-state index in [1.54, 1.807) is 49.1 Å². The average Bonchev–Trinajstić information content (AvgIpc) is 2.76. The van der Waals surface area contributed by atoms with Crippen LogP contribution < -0.4 is 15.6 Å². The van der Waals surface area contributed by atoms with Gasteiger partial charge in [0.1, 0.15) is 11.6 Å². The molecule has 156 valence electrons. The molecule has 2 aromatic carbocycles. The summed E-state index contributed by atoms with van der Waals surface area (Å²) in [5.41, 5.74) is 3.38. The summed E-state index contributed by atoms with van der Waals surface area (Å²) in [7, 11) is 1.61. The number of rotatable bonds is 5. The Morgan fingerprint density at radius 2 is 1.87 bits per heavy atom. The topological polar surface area (TPSA) is 86.1 Å². The van der Waals surface area contributed by atoms with Crippen LogP contribution in [0.25, 0.3) is 16.7 Å². The van der Waals surface area contributed by atoms with E-state index in [0.29, 0.717) is 28.2 Å². The first-order chi connectivity index (χ1) is 15.0. The van der Waals surface area contributed by atoms with Gasteiger partial charge in [-0.3, -0.25) is 14.2 Å². The molecule has 0 aliphatic carbocycles. The molecule has 0 fully saturated rings. The minimum absolute atomic E-state index is 0.118. The Hall–Kier alpha value is -4.00. The molecule has 0 atom stereocenters. The maximum absolute atomic E-state index is 13.0. The predicted molar refractivity (Wildman–Crippen MR) is 120 cm³/mol. The molecule has 4 rings (SSSR count). The Bertz CT molecular complexity index is 1330. The Kier molecular flexibility index (Phi) is 5.49. The van der Waals surface area contributed by atoms with Crippen molar-refractivity contribution in [2.75, 3.05) is 12.4 Å². The summed E-state index contributed by atoms with van der Waals surface area (Å²) in [6, 6.07) is 16.3. The first-order valence-electron chi connectivity index (χ1n) is 9.84. The highest BCUT2D eigenvalue weighted by molar-refractivity contribution is 5.93. The van der Waals surface area contributed by atoms with Crippen molar-refractivity contribution in [1.82, 2.24) is 14.5 Å². The van der Waals surface area contributed by atoms with Gasteiger partial charge in [0.15, 0.2) is 5.65 Å². The van der Waals surface area contributed by atoms with E-state index >= 15 is 0 Å². The lowest BCUT2D eigenvalue weighted by Gasteiger charge is -2.14. The molecule has 0 spiro atoms. The number of methoxy groups -OCH3 is 1. The molecule has 1 N–H and O–H groups in total. The van der Waals surface area contributed by atoms with Crippen molar-refractivity contribution in [3.05, 3.63) is 88.1 Å². The van der Waals surface area contributed by atoms with Crippen molar-refractivity contribution in [3.8, 4) is 11.4 Å². The highest BCUT2D eigenvalue weighted by atomic mass is 16.5. The number of aromatic nitrogens is 3. The number of pyridine rings is 1. The van der Waals surface area contributed by atoms with Gasteiger partial charge in [-0.25, -0.2) is 9.97 Å². The number of hydrogen-bond acceptors (Lipinski definition) is 5. The summed E-state index contributed by atoms with van der Waals surface area (Å²) in [6.07, 6.45) is 1.87. The van der Waals surface area contributed by atoms with Crippen LogP contribution in [0.2, 0.25) is 0 Å². The smallest absolute Gasteiger partial charge is 0.267 e. The number of carbonyl (C=O) groups excluding carboxylic acids is 1. The van der Waals surface area contributed by atoms with Gasteiger partial charge in [-0.05, 0) is 67.4 Å². The highest BCUT2D eigenvalue weighted by Gasteiger charge is 2.12. The maximum atomic E-state index is 13.0. The third kappa shape index (κ3) is 4.16. The summed E-state index contributed by atoms with van der Waals surface area (Å²) in [4.78, 5) is 34.1. The maximum Gasteiger partial charge on any atom is 0.267 e. The third-order valence-corrected chi connectivity index (χ3v) is 5.08. The molecule has 0 radical (unpaired) electrons. The van der Waals surface area contributed by atoms with Crippen LogP contribution in [0, 0.1) is 13.8 Å². The van der Waals surface area contributed by atoms with Gasteiger partial charge >= 0.3 is 0 Å². The Morgan fingerprint density at radius 1 is 1.10 bits per heavy atom. The number of anilines is 1. The van der Waals surface area contributed by atoms with E-state index in [0.717, 1.165) is 16.9 Å². The molecule has 0 saturated heterocycles. The molecule has 0 aliphatic heterocycles. The van der Waals surface area contributed by atoms with Crippen LogP contribution in [0.15, 0.2) is 65.6 Å². The molecule has 4 aromatic rings. The highest BCUT2D eigenvalue weighted by Crippen LogP contribution is 2.20. The lowest BCUT2D eigenvalue weighted by molar-refractivity contribution is -0.115. The first-order valence-corrected chi connectivity index (χ1v) is 9.84. The van der Waals surface area contributed by atoms with Crippen LogP contribution in [0.4, 0.5) is 5.69 Å². The summed E-state index contributed by atoms with van der Waals surface area (Å²) in [5.74, 6) is 1.18. The van der Waals surface area contributed by atoms with E-state index in [4.69, 9.17) is 4.74 Å². The molecule has 0 unspecified atom stereocenters. The Labute approximate surface area is 179 Å². The number of amides is 1. The molecule has 31 heavy (non-hydrogen) atoms. The van der Waals surface area contributed by atoms with Gasteiger partial charge in [0.25, 0.3) is 5.56 Å². The zero-order valence-electron chi connectivity index (χ0n) is 17.5. The number of carbonyl (C=O) groups is 1. The normalized spacial score (nSPS) is 10.8. The standard InChI is InChI=1S/C24H22N4O3/c1-15-13-18(28-16(2)26-23-20(24(28)30)5-4-12-25-23)8-11-21(15)27-22(29)14-17-6-9-19(31-3)10-7-17/h4-13H,14H2,1-3H3,(H,27,29). The van der Waals surface area contributed by atoms with Crippen molar-refractivity contribution in [1.29, 1.82) is 0 Å². The first kappa shape index (κ1) is 20.3. The molecule has 1 amide bonds. The van der Waals surface area contributed by atoms with Crippen molar-refractivity contribution in [3.63, 3.8) is 0 Å². The number of nitrogens with zero attached hydrogens (tertiary/aromatic N) is 3. The van der Waals surface area contributed by atoms with Crippen molar-refractivity contribution in [2.45, 2.75) is 20.3 Å². The molecule has 2 heterocycles. The van der Waals surface area contributed by atoms with Gasteiger partial charge < -0.3 is 10.1 Å². The fourth-order valence-corrected chi connectivity index (χ4v) is 3.48. The van der Waals surface area contributed by atoms with Crippen LogP contribution in [0.5, 0.6) is 5.75 Å². The van der Waals surface area contributed by atoms with Crippen LogP contribution in [-0.2, 0) is 11.2 Å². The quantitative estimate of drug-likeness (QED) is 0.539. The van der Waals surface area contributed by atoms with Gasteiger partial charge in [0.05, 0.1) is 24.6 Å². The molecule has 7 nitrogen and oxygen atoms in total. The molecular formula is C24H22N4O3. The lowest BCUT2D eigenvalue weighted by Crippen LogP contribution is -2.23. The van der Waals surface area contributed by atoms with E-state index in [9.17, 15) is 9.59 Å². The zero-order valence-corrected chi connectivity index (χ0v) is 17.5. The van der Waals surface area contributed by atoms with E-state index in [1.165, 1.54) is 0 Å². The molecule has 0 bridgehead atoms. The second-order valence-corrected chi connectivity index (χ2v) is 7.25. The third-order valence-electron chi connectivity index (χ3n) is 5.08. The Morgan fingerprint density at radius 3 is 2.58 bits per heavy atom. The van der Waals surface area contributed by atoms with Crippen LogP contribution in [0.3, 0.4) is 0 Å². The minimum atomic E-state index is -0.175. The second kappa shape index (κ2) is 8.39.